The summed E-state index contributed by atoms with van der Waals surface area (Å²) >= 11 is 11.2. The molecule has 0 saturated carbocycles. The molecule has 0 unspecified atom stereocenters. The van der Waals surface area contributed by atoms with Crippen molar-refractivity contribution in [3.8, 4) is 0 Å². The maximum atomic E-state index is 13.2. The Morgan fingerprint density at radius 1 is 0.889 bits per heavy atom. The molecule has 1 N–H and O–H groups in total. The summed E-state index contributed by atoms with van der Waals surface area (Å²) in [6.07, 6.45) is 0. The number of hydrogen-bond acceptors (Lipinski definition) is 1. The van der Waals surface area contributed by atoms with Crippen molar-refractivity contribution < 1.29 is 8.78 Å². The lowest BCUT2D eigenvalue weighted by Gasteiger charge is -2.07. The van der Waals surface area contributed by atoms with Crippen molar-refractivity contribution in [2.24, 2.45) is 0 Å². The van der Waals surface area contributed by atoms with Crippen LogP contribution in [0.4, 0.5) is 14.5 Å². The summed E-state index contributed by atoms with van der Waals surface area (Å²) < 4.78 is 26.1. The maximum Gasteiger partial charge on any atom is 0.142 e. The molecule has 2 aromatic carbocycles. The highest BCUT2D eigenvalue weighted by molar-refractivity contribution is 6.31. The minimum Gasteiger partial charge on any atom is -0.381 e. The van der Waals surface area contributed by atoms with Gasteiger partial charge in [-0.1, -0.05) is 29.3 Å². The summed E-state index contributed by atoms with van der Waals surface area (Å²) in [7, 11) is 0. The molecule has 0 aromatic heterocycles. The number of hydrogen-bond donors (Lipinski definition) is 1. The van der Waals surface area contributed by atoms with E-state index in [0.29, 0.717) is 12.2 Å². The first-order valence-corrected chi connectivity index (χ1v) is 5.95. The third kappa shape index (κ3) is 3.12. The molecule has 0 saturated heterocycles. The van der Waals surface area contributed by atoms with E-state index in [0.717, 1.165) is 5.56 Å². The zero-order valence-electron chi connectivity index (χ0n) is 9.18. The first kappa shape index (κ1) is 13.1. The standard InChI is InChI=1S/C13H9Cl2F2N/c14-10-3-1-8(5-13(10)17)7-18-9-2-4-12(16)11(15)6-9/h1-6,18H,7H2. The van der Waals surface area contributed by atoms with E-state index in [1.165, 1.54) is 24.3 Å². The minimum absolute atomic E-state index is 0.0438. The van der Waals surface area contributed by atoms with Crippen LogP contribution in [0, 0.1) is 11.6 Å². The molecule has 0 bridgehead atoms. The van der Waals surface area contributed by atoms with Crippen LogP contribution in [0.5, 0.6) is 0 Å². The number of nitrogens with one attached hydrogen (secondary N) is 1. The Bertz CT molecular complexity index is 521. The monoisotopic (exact) mass is 287 g/mol. The zero-order valence-corrected chi connectivity index (χ0v) is 10.7. The van der Waals surface area contributed by atoms with Gasteiger partial charge in [-0.3, -0.25) is 0 Å². The van der Waals surface area contributed by atoms with E-state index in [4.69, 9.17) is 23.2 Å². The molecule has 0 fully saturated rings. The van der Waals surface area contributed by atoms with Crippen LogP contribution in [0.3, 0.4) is 0 Å². The smallest absolute Gasteiger partial charge is 0.142 e. The quantitative estimate of drug-likeness (QED) is 0.848. The molecule has 1 nitrogen and oxygen atoms in total. The summed E-state index contributed by atoms with van der Waals surface area (Å²) in [6, 6.07) is 8.86. The van der Waals surface area contributed by atoms with E-state index >= 15 is 0 Å². The molecule has 2 aromatic rings. The molecule has 0 spiro atoms. The first-order chi connectivity index (χ1) is 8.56. The summed E-state index contributed by atoms with van der Waals surface area (Å²) in [5.74, 6) is -0.937. The first-order valence-electron chi connectivity index (χ1n) is 5.19. The van der Waals surface area contributed by atoms with Gasteiger partial charge in [-0.05, 0) is 35.9 Å². The Morgan fingerprint density at radius 3 is 2.33 bits per heavy atom. The predicted molar refractivity (Wildman–Crippen MR) is 70.1 cm³/mol. The van der Waals surface area contributed by atoms with Crippen LogP contribution >= 0.6 is 23.2 Å². The molecule has 0 aliphatic carbocycles. The number of benzene rings is 2. The van der Waals surface area contributed by atoms with Crippen LogP contribution in [0.25, 0.3) is 0 Å². The van der Waals surface area contributed by atoms with Crippen LogP contribution in [0.15, 0.2) is 36.4 Å². The molecule has 0 atom stereocenters. The van der Waals surface area contributed by atoms with Crippen molar-refractivity contribution >= 4 is 28.9 Å². The molecule has 0 aliphatic heterocycles. The highest BCUT2D eigenvalue weighted by Gasteiger charge is 2.03. The SMILES string of the molecule is Fc1cc(CNc2ccc(F)c(Cl)c2)ccc1Cl. The van der Waals surface area contributed by atoms with Gasteiger partial charge in [0.1, 0.15) is 11.6 Å². The van der Waals surface area contributed by atoms with Gasteiger partial charge in [0.05, 0.1) is 10.0 Å². The predicted octanol–water partition coefficient (Wildman–Crippen LogP) is 4.88. The van der Waals surface area contributed by atoms with Crippen LogP contribution in [-0.4, -0.2) is 0 Å². The van der Waals surface area contributed by atoms with Crippen molar-refractivity contribution in [3.63, 3.8) is 0 Å². The Balaban J connectivity index is 2.06. The Morgan fingerprint density at radius 2 is 1.67 bits per heavy atom. The van der Waals surface area contributed by atoms with Gasteiger partial charge in [0.2, 0.25) is 0 Å². The number of anilines is 1. The molecular formula is C13H9Cl2F2N. The number of rotatable bonds is 3. The Kier molecular flexibility index (Phi) is 4.04. The third-order valence-electron chi connectivity index (χ3n) is 2.40. The fourth-order valence-corrected chi connectivity index (χ4v) is 1.76. The Labute approximate surface area is 113 Å². The molecule has 2 rings (SSSR count). The summed E-state index contributed by atoms with van der Waals surface area (Å²) in [5.41, 5.74) is 1.40. The van der Waals surface area contributed by atoms with E-state index < -0.39 is 11.6 Å². The van der Waals surface area contributed by atoms with Gasteiger partial charge in [0.25, 0.3) is 0 Å². The topological polar surface area (TPSA) is 12.0 Å². The van der Waals surface area contributed by atoms with Crippen LogP contribution in [0.1, 0.15) is 5.56 Å². The van der Waals surface area contributed by atoms with Crippen molar-refractivity contribution in [2.45, 2.75) is 6.54 Å². The van der Waals surface area contributed by atoms with E-state index in [9.17, 15) is 8.78 Å². The van der Waals surface area contributed by atoms with Crippen molar-refractivity contribution in [2.75, 3.05) is 5.32 Å². The van der Waals surface area contributed by atoms with Gasteiger partial charge < -0.3 is 5.32 Å². The molecule has 0 amide bonds. The number of halogens is 4. The summed E-state index contributed by atoms with van der Waals surface area (Å²) in [4.78, 5) is 0. The molecule has 0 radical (unpaired) electrons. The van der Waals surface area contributed by atoms with Gasteiger partial charge >= 0.3 is 0 Å². The lowest BCUT2D eigenvalue weighted by Crippen LogP contribution is -2.00. The van der Waals surface area contributed by atoms with Gasteiger partial charge in [-0.25, -0.2) is 8.78 Å². The summed E-state index contributed by atoms with van der Waals surface area (Å²) in [6.45, 7) is 0.399. The zero-order chi connectivity index (χ0) is 13.1. The fourth-order valence-electron chi connectivity index (χ4n) is 1.46. The van der Waals surface area contributed by atoms with E-state index in [2.05, 4.69) is 5.32 Å². The fraction of sp³-hybridized carbons (Fsp3) is 0.0769. The van der Waals surface area contributed by atoms with Gasteiger partial charge in [-0.15, -0.1) is 0 Å². The third-order valence-corrected chi connectivity index (χ3v) is 3.00. The van der Waals surface area contributed by atoms with Gasteiger partial charge in [0.15, 0.2) is 0 Å². The molecule has 18 heavy (non-hydrogen) atoms. The minimum atomic E-state index is -0.472. The van der Waals surface area contributed by atoms with Gasteiger partial charge in [-0.2, -0.15) is 0 Å². The van der Waals surface area contributed by atoms with Crippen molar-refractivity contribution in [3.05, 3.63) is 63.6 Å². The highest BCUT2D eigenvalue weighted by Crippen LogP contribution is 2.21. The van der Waals surface area contributed by atoms with Crippen molar-refractivity contribution in [1.29, 1.82) is 0 Å². The van der Waals surface area contributed by atoms with Crippen molar-refractivity contribution in [1.82, 2.24) is 0 Å². The highest BCUT2D eigenvalue weighted by atomic mass is 35.5. The normalized spacial score (nSPS) is 10.4. The average molecular weight is 288 g/mol. The molecule has 0 heterocycles. The summed E-state index contributed by atoms with van der Waals surface area (Å²) in [5, 5.41) is 3.15. The second kappa shape index (κ2) is 5.55. The van der Waals surface area contributed by atoms with E-state index in [-0.39, 0.29) is 10.0 Å². The van der Waals surface area contributed by atoms with Crippen LogP contribution in [0.2, 0.25) is 10.0 Å². The average Bonchev–Trinajstić information content (AvgIpc) is 2.35. The molecule has 0 aliphatic rings. The van der Waals surface area contributed by atoms with Gasteiger partial charge in [0, 0.05) is 12.2 Å². The maximum absolute atomic E-state index is 13.2. The molecule has 5 heteroatoms. The lowest BCUT2D eigenvalue weighted by atomic mass is 10.2. The largest absolute Gasteiger partial charge is 0.381 e. The lowest BCUT2D eigenvalue weighted by molar-refractivity contribution is 0.626. The second-order valence-corrected chi connectivity index (χ2v) is 4.55. The van der Waals surface area contributed by atoms with Crippen LogP contribution < -0.4 is 5.32 Å². The Hall–Kier alpha value is -1.32. The van der Waals surface area contributed by atoms with E-state index in [1.807, 2.05) is 0 Å². The van der Waals surface area contributed by atoms with E-state index in [1.54, 1.807) is 12.1 Å². The molecule has 94 valence electrons. The molecular weight excluding hydrogens is 279 g/mol. The van der Waals surface area contributed by atoms with Crippen LogP contribution in [-0.2, 0) is 6.54 Å². The second-order valence-electron chi connectivity index (χ2n) is 3.73.